The molecule has 0 heterocycles. The van der Waals surface area contributed by atoms with Crippen LogP contribution < -0.4 is 5.32 Å². The maximum absolute atomic E-state index is 11.2. The van der Waals surface area contributed by atoms with Crippen molar-refractivity contribution in [2.45, 2.75) is 13.3 Å². The molecule has 0 aliphatic carbocycles. The van der Waals surface area contributed by atoms with Gasteiger partial charge in [-0.05, 0) is 24.6 Å². The molecule has 0 aromatic heterocycles. The molecule has 0 atom stereocenters. The number of esters is 1. The van der Waals surface area contributed by atoms with Crippen LogP contribution in [0.5, 0.6) is 0 Å². The molecule has 0 bridgehead atoms. The highest BCUT2D eigenvalue weighted by Crippen LogP contribution is 2.11. The highest BCUT2D eigenvalue weighted by molar-refractivity contribution is 6.60. The summed E-state index contributed by atoms with van der Waals surface area (Å²) in [6.45, 7) is 2.14. The van der Waals surface area contributed by atoms with Gasteiger partial charge in [-0.15, -0.1) is 0 Å². The van der Waals surface area contributed by atoms with Gasteiger partial charge in [0.15, 0.2) is 0 Å². The summed E-state index contributed by atoms with van der Waals surface area (Å²) >= 11 is 2.03. The lowest BCUT2D eigenvalue weighted by Gasteiger charge is -2.06. The number of carbonyl (C=O) groups is 2. The average Bonchev–Trinajstić information content (AvgIpc) is 2.17. The number of hydrogen-bond donors (Lipinski definition) is 1. The fourth-order valence-electron chi connectivity index (χ4n) is 1.28. The highest BCUT2D eigenvalue weighted by Gasteiger charge is 2.04. The number of amides is 1. The first kappa shape index (κ1) is 12.8. The van der Waals surface area contributed by atoms with Gasteiger partial charge in [0.1, 0.15) is 4.77 Å². The van der Waals surface area contributed by atoms with Gasteiger partial charge in [-0.1, -0.05) is 12.1 Å². The Bertz CT molecular complexity index is 393. The van der Waals surface area contributed by atoms with Crippen LogP contribution >= 0.6 is 0 Å². The number of carbonyl (C=O) groups excluding carboxylic acids is 2. The number of ether oxygens (including phenoxy) is 1. The van der Waals surface area contributed by atoms with Gasteiger partial charge >= 0.3 is 5.97 Å². The third-order valence-corrected chi connectivity index (χ3v) is 1.99. The van der Waals surface area contributed by atoms with Crippen LogP contribution in [0.1, 0.15) is 12.5 Å². The molecule has 0 spiro atoms. The van der Waals surface area contributed by atoms with E-state index < -0.39 is 0 Å². The lowest BCUT2D eigenvalue weighted by Crippen LogP contribution is -2.10. The van der Waals surface area contributed by atoms with Crippen molar-refractivity contribution in [3.63, 3.8) is 0 Å². The van der Waals surface area contributed by atoms with E-state index in [-0.39, 0.29) is 17.2 Å². The smallest absolute Gasteiger partial charge is 0.310 e. The second-order valence-electron chi connectivity index (χ2n) is 3.17. The van der Waals surface area contributed by atoms with Crippen molar-refractivity contribution >= 4 is 32.7 Å². The van der Waals surface area contributed by atoms with E-state index in [0.29, 0.717) is 12.3 Å². The third kappa shape index (κ3) is 4.47. The summed E-state index contributed by atoms with van der Waals surface area (Å²) in [6.07, 6.45) is 0.217. The van der Waals surface area contributed by atoms with Crippen LogP contribution in [-0.4, -0.2) is 33.6 Å². The van der Waals surface area contributed by atoms with E-state index in [1.807, 2.05) is 22.4 Å². The Balaban J connectivity index is 2.67. The maximum atomic E-state index is 11.2. The zero-order valence-corrected chi connectivity index (χ0v) is 10.2. The van der Waals surface area contributed by atoms with Crippen molar-refractivity contribution in [3.8, 4) is 0 Å². The predicted molar refractivity (Wildman–Crippen MR) is 61.6 cm³/mol. The highest BCUT2D eigenvalue weighted by atomic mass is 27.0. The van der Waals surface area contributed by atoms with Gasteiger partial charge in [0.05, 0.1) is 13.0 Å². The predicted octanol–water partition coefficient (Wildman–Crippen LogP) is 1.49. The largest absolute Gasteiger partial charge is 0.466 e. The molecule has 1 aromatic carbocycles. The van der Waals surface area contributed by atoms with Crippen LogP contribution in [0, 0.1) is 0 Å². The maximum Gasteiger partial charge on any atom is 0.310 e. The Morgan fingerprint density at radius 2 is 2.19 bits per heavy atom. The van der Waals surface area contributed by atoms with E-state index in [2.05, 4.69) is 5.32 Å². The molecule has 1 N–H and O–H groups in total. The fourth-order valence-corrected chi connectivity index (χ4v) is 1.45. The minimum absolute atomic E-state index is 0.215. The van der Waals surface area contributed by atoms with E-state index >= 15 is 0 Å². The van der Waals surface area contributed by atoms with Crippen LogP contribution in [0.3, 0.4) is 0 Å². The monoisotopic (exact) mass is 233 g/mol. The SMILES string of the molecule is CCOC(=O)Cc1cccc(N[C](=O)[Al])c1. The molecule has 1 rings (SSSR count). The van der Waals surface area contributed by atoms with Gasteiger partial charge in [-0.2, -0.15) is 0 Å². The standard InChI is InChI=1S/C11H12NO3.Al/c1-2-15-11(14)7-9-4-3-5-10(6-9)12-8-13;/h3-6H,2,7H2,1H3,(H,12,13);. The number of hydrogen-bond acceptors (Lipinski definition) is 3. The Labute approximate surface area is 102 Å². The van der Waals surface area contributed by atoms with E-state index in [0.717, 1.165) is 5.56 Å². The molecule has 0 aliphatic rings. The van der Waals surface area contributed by atoms with Crippen molar-refractivity contribution in [2.75, 3.05) is 11.9 Å². The van der Waals surface area contributed by atoms with E-state index in [1.54, 1.807) is 25.1 Å². The fraction of sp³-hybridized carbons (Fsp3) is 0.273. The molecule has 82 valence electrons. The summed E-state index contributed by atoms with van der Waals surface area (Å²) < 4.78 is 4.62. The Morgan fingerprint density at radius 3 is 2.81 bits per heavy atom. The first-order chi connectivity index (χ1) is 7.61. The van der Waals surface area contributed by atoms with Crippen molar-refractivity contribution < 1.29 is 14.3 Å². The quantitative estimate of drug-likeness (QED) is 0.633. The number of benzene rings is 1. The van der Waals surface area contributed by atoms with Gasteiger partial charge in [0.25, 0.3) is 16.3 Å². The summed E-state index contributed by atoms with van der Waals surface area (Å²) in [5.41, 5.74) is 1.48. The minimum Gasteiger partial charge on any atom is -0.466 e. The summed E-state index contributed by atoms with van der Waals surface area (Å²) in [7, 11) is 0. The van der Waals surface area contributed by atoms with Gasteiger partial charge in [-0.25, -0.2) is 0 Å². The van der Waals surface area contributed by atoms with Crippen LogP contribution in [0.4, 0.5) is 10.5 Å². The second-order valence-corrected chi connectivity index (χ2v) is 3.70. The van der Waals surface area contributed by atoms with Crippen molar-refractivity contribution in [1.29, 1.82) is 0 Å². The molecule has 0 unspecified atom stereocenters. The molecule has 1 aromatic rings. The average molecular weight is 233 g/mol. The Morgan fingerprint density at radius 1 is 1.44 bits per heavy atom. The molecule has 1 amide bonds. The third-order valence-electron chi connectivity index (χ3n) is 1.85. The van der Waals surface area contributed by atoms with Crippen LogP contribution in [-0.2, 0) is 16.0 Å². The molecule has 5 heteroatoms. The molecular formula is C11H12AlNO3. The van der Waals surface area contributed by atoms with Crippen LogP contribution in [0.25, 0.3) is 0 Å². The van der Waals surface area contributed by atoms with Gasteiger partial charge in [-0.3, -0.25) is 4.79 Å². The van der Waals surface area contributed by atoms with Crippen LogP contribution in [0.15, 0.2) is 24.3 Å². The molecule has 16 heavy (non-hydrogen) atoms. The molecule has 0 fully saturated rings. The molecule has 4 nitrogen and oxygen atoms in total. The Hall–Kier alpha value is -1.31. The minimum atomic E-state index is -0.267. The zero-order chi connectivity index (χ0) is 12.0. The molecule has 0 saturated heterocycles. The number of rotatable bonds is 4. The lowest BCUT2D eigenvalue weighted by molar-refractivity contribution is -0.142. The van der Waals surface area contributed by atoms with Crippen molar-refractivity contribution in [3.05, 3.63) is 29.8 Å². The normalized spacial score (nSPS) is 9.56. The Kier molecular flexibility index (Phi) is 5.03. The summed E-state index contributed by atoms with van der Waals surface area (Å²) in [5, 5.41) is 2.62. The van der Waals surface area contributed by atoms with Gasteiger partial charge in [0, 0.05) is 5.69 Å². The first-order valence-corrected chi connectivity index (χ1v) is 5.50. The summed E-state index contributed by atoms with van der Waals surface area (Å²) in [5.74, 6) is -0.267. The summed E-state index contributed by atoms with van der Waals surface area (Å²) in [4.78, 5) is 22.0. The molecule has 2 radical (unpaired) electrons. The van der Waals surface area contributed by atoms with Crippen LogP contribution in [0.2, 0.25) is 0 Å². The molecular weight excluding hydrogens is 221 g/mol. The van der Waals surface area contributed by atoms with E-state index in [9.17, 15) is 9.59 Å². The zero-order valence-electron chi connectivity index (χ0n) is 9.03. The molecule has 0 aliphatic heterocycles. The van der Waals surface area contributed by atoms with Gasteiger partial charge in [0.2, 0.25) is 0 Å². The van der Waals surface area contributed by atoms with E-state index in [1.165, 1.54) is 0 Å². The van der Waals surface area contributed by atoms with E-state index in [4.69, 9.17) is 4.74 Å². The topological polar surface area (TPSA) is 55.4 Å². The van der Waals surface area contributed by atoms with Crippen molar-refractivity contribution in [1.82, 2.24) is 0 Å². The molecule has 0 saturated carbocycles. The first-order valence-electron chi connectivity index (χ1n) is 4.93. The van der Waals surface area contributed by atoms with Crippen molar-refractivity contribution in [2.24, 2.45) is 0 Å². The number of nitrogens with one attached hydrogen (secondary N) is 1. The second kappa shape index (κ2) is 6.31. The summed E-state index contributed by atoms with van der Waals surface area (Å²) in [6, 6.07) is 7.11. The van der Waals surface area contributed by atoms with Gasteiger partial charge < -0.3 is 14.8 Å². The number of anilines is 1. The lowest BCUT2D eigenvalue weighted by atomic mass is 10.1.